The van der Waals surface area contributed by atoms with Gasteiger partial charge in [0.2, 0.25) is 0 Å². The van der Waals surface area contributed by atoms with Gasteiger partial charge in [0.25, 0.3) is 0 Å². The van der Waals surface area contributed by atoms with Crippen LogP contribution < -0.4 is 0 Å². The van der Waals surface area contributed by atoms with E-state index in [0.717, 1.165) is 24.8 Å². The van der Waals surface area contributed by atoms with Crippen molar-refractivity contribution in [2.45, 2.75) is 39.2 Å². The van der Waals surface area contributed by atoms with Crippen LogP contribution in [0.4, 0.5) is 0 Å². The van der Waals surface area contributed by atoms with Crippen LogP contribution in [0.5, 0.6) is 0 Å². The van der Waals surface area contributed by atoms with Crippen LogP contribution in [0.2, 0.25) is 0 Å². The monoisotopic (exact) mass is 236 g/mol. The summed E-state index contributed by atoms with van der Waals surface area (Å²) in [6.45, 7) is 4.97. The van der Waals surface area contributed by atoms with Crippen LogP contribution in [0, 0.1) is 5.92 Å². The largest absolute Gasteiger partial charge is 0.388 e. The summed E-state index contributed by atoms with van der Waals surface area (Å²) in [5.41, 5.74) is 2.34. The molecule has 0 spiro atoms. The maximum Gasteiger partial charge on any atom is 0.0793 e. The first-order valence-electron chi connectivity index (χ1n) is 6.43. The van der Waals surface area contributed by atoms with E-state index in [4.69, 9.17) is 4.74 Å². The van der Waals surface area contributed by atoms with Crippen molar-refractivity contribution in [2.24, 2.45) is 5.92 Å². The van der Waals surface area contributed by atoms with Gasteiger partial charge in [0, 0.05) is 13.7 Å². The molecule has 0 aliphatic heterocycles. The van der Waals surface area contributed by atoms with E-state index < -0.39 is 0 Å². The van der Waals surface area contributed by atoms with Gasteiger partial charge in [0.1, 0.15) is 0 Å². The SMILES string of the molecule is CCCc1cccc(C(O)CC(C)COC)c1. The molecular formula is C15H24O2. The number of ether oxygens (including phenoxy) is 1. The highest BCUT2D eigenvalue weighted by Crippen LogP contribution is 2.22. The van der Waals surface area contributed by atoms with Gasteiger partial charge >= 0.3 is 0 Å². The molecule has 0 aromatic heterocycles. The van der Waals surface area contributed by atoms with Crippen molar-refractivity contribution in [1.29, 1.82) is 0 Å². The average Bonchev–Trinajstić information content (AvgIpc) is 2.30. The van der Waals surface area contributed by atoms with Crippen LogP contribution >= 0.6 is 0 Å². The van der Waals surface area contributed by atoms with Crippen molar-refractivity contribution in [3.63, 3.8) is 0 Å². The predicted octanol–water partition coefficient (Wildman–Crippen LogP) is 3.35. The van der Waals surface area contributed by atoms with Crippen molar-refractivity contribution in [3.8, 4) is 0 Å². The first-order chi connectivity index (χ1) is 8.17. The van der Waals surface area contributed by atoms with Gasteiger partial charge < -0.3 is 9.84 Å². The summed E-state index contributed by atoms with van der Waals surface area (Å²) in [6, 6.07) is 8.28. The summed E-state index contributed by atoms with van der Waals surface area (Å²) in [7, 11) is 1.70. The van der Waals surface area contributed by atoms with E-state index in [1.165, 1.54) is 5.56 Å². The standard InChI is InChI=1S/C15H24O2/c1-4-6-13-7-5-8-14(10-13)15(16)9-12(2)11-17-3/h5,7-8,10,12,15-16H,4,6,9,11H2,1-3H3. The molecule has 1 rings (SSSR count). The van der Waals surface area contributed by atoms with E-state index in [2.05, 4.69) is 26.0 Å². The maximum atomic E-state index is 10.2. The third-order valence-corrected chi connectivity index (χ3v) is 2.95. The highest BCUT2D eigenvalue weighted by atomic mass is 16.5. The third kappa shape index (κ3) is 4.88. The van der Waals surface area contributed by atoms with Crippen LogP contribution in [0.25, 0.3) is 0 Å². The van der Waals surface area contributed by atoms with Gasteiger partial charge in [0.15, 0.2) is 0 Å². The molecule has 1 N–H and O–H groups in total. The number of rotatable bonds is 7. The van der Waals surface area contributed by atoms with Crippen molar-refractivity contribution in [1.82, 2.24) is 0 Å². The molecule has 0 saturated carbocycles. The number of aryl methyl sites for hydroxylation is 1. The molecule has 2 heteroatoms. The summed E-state index contributed by atoms with van der Waals surface area (Å²) < 4.78 is 5.09. The average molecular weight is 236 g/mol. The molecule has 0 radical (unpaired) electrons. The lowest BCUT2D eigenvalue weighted by Gasteiger charge is -2.16. The second kappa shape index (κ2) is 7.46. The number of hydrogen-bond donors (Lipinski definition) is 1. The Balaban J connectivity index is 2.61. The van der Waals surface area contributed by atoms with E-state index in [9.17, 15) is 5.11 Å². The topological polar surface area (TPSA) is 29.5 Å². The van der Waals surface area contributed by atoms with Gasteiger partial charge in [-0.2, -0.15) is 0 Å². The molecule has 0 heterocycles. The molecular weight excluding hydrogens is 212 g/mol. The molecule has 2 atom stereocenters. The lowest BCUT2D eigenvalue weighted by molar-refractivity contribution is 0.102. The van der Waals surface area contributed by atoms with E-state index >= 15 is 0 Å². The zero-order valence-corrected chi connectivity index (χ0v) is 11.1. The molecule has 1 aromatic carbocycles. The van der Waals surface area contributed by atoms with E-state index in [1.54, 1.807) is 7.11 Å². The summed E-state index contributed by atoms with van der Waals surface area (Å²) >= 11 is 0. The van der Waals surface area contributed by atoms with Crippen LogP contribution in [0.3, 0.4) is 0 Å². The summed E-state index contributed by atoms with van der Waals surface area (Å²) in [5.74, 6) is 0.379. The number of methoxy groups -OCH3 is 1. The molecule has 0 aliphatic carbocycles. The fourth-order valence-electron chi connectivity index (χ4n) is 2.11. The van der Waals surface area contributed by atoms with Gasteiger partial charge in [-0.15, -0.1) is 0 Å². The zero-order valence-electron chi connectivity index (χ0n) is 11.1. The third-order valence-electron chi connectivity index (χ3n) is 2.95. The summed E-state index contributed by atoms with van der Waals surface area (Å²) in [5, 5.41) is 10.2. The highest BCUT2D eigenvalue weighted by Gasteiger charge is 2.12. The molecule has 17 heavy (non-hydrogen) atoms. The van der Waals surface area contributed by atoms with Gasteiger partial charge in [-0.05, 0) is 29.9 Å². The van der Waals surface area contributed by atoms with Gasteiger partial charge in [0.05, 0.1) is 6.10 Å². The fraction of sp³-hybridized carbons (Fsp3) is 0.600. The van der Waals surface area contributed by atoms with Crippen molar-refractivity contribution >= 4 is 0 Å². The van der Waals surface area contributed by atoms with Crippen LogP contribution in [0.15, 0.2) is 24.3 Å². The fourth-order valence-corrected chi connectivity index (χ4v) is 2.11. The first kappa shape index (κ1) is 14.2. The first-order valence-corrected chi connectivity index (χ1v) is 6.43. The molecule has 0 amide bonds. The Labute approximate surface area is 105 Å². The highest BCUT2D eigenvalue weighted by molar-refractivity contribution is 5.25. The minimum absolute atomic E-state index is 0.378. The van der Waals surface area contributed by atoms with Crippen LogP contribution in [0.1, 0.15) is 43.9 Å². The maximum absolute atomic E-state index is 10.2. The van der Waals surface area contributed by atoms with Gasteiger partial charge in [-0.25, -0.2) is 0 Å². The molecule has 2 nitrogen and oxygen atoms in total. The Hall–Kier alpha value is -0.860. The minimum Gasteiger partial charge on any atom is -0.388 e. The lowest BCUT2D eigenvalue weighted by atomic mass is 9.96. The molecule has 0 fully saturated rings. The van der Waals surface area contributed by atoms with Crippen molar-refractivity contribution in [2.75, 3.05) is 13.7 Å². The smallest absolute Gasteiger partial charge is 0.0793 e. The molecule has 96 valence electrons. The van der Waals surface area contributed by atoms with Crippen LogP contribution in [-0.2, 0) is 11.2 Å². The van der Waals surface area contributed by atoms with E-state index in [-0.39, 0.29) is 6.10 Å². The Morgan fingerprint density at radius 3 is 2.76 bits per heavy atom. The Kier molecular flexibility index (Phi) is 6.23. The molecule has 2 unspecified atom stereocenters. The predicted molar refractivity (Wildman–Crippen MR) is 71.1 cm³/mol. The van der Waals surface area contributed by atoms with Crippen molar-refractivity contribution in [3.05, 3.63) is 35.4 Å². The number of aliphatic hydroxyl groups is 1. The Morgan fingerprint density at radius 1 is 1.35 bits per heavy atom. The van der Waals surface area contributed by atoms with Crippen molar-refractivity contribution < 1.29 is 9.84 Å². The Bertz CT molecular complexity index is 322. The van der Waals surface area contributed by atoms with E-state index in [0.29, 0.717) is 12.5 Å². The quantitative estimate of drug-likeness (QED) is 0.786. The lowest BCUT2D eigenvalue weighted by Crippen LogP contribution is -2.09. The number of aliphatic hydroxyl groups excluding tert-OH is 1. The zero-order chi connectivity index (χ0) is 12.7. The van der Waals surface area contributed by atoms with Gasteiger partial charge in [-0.1, -0.05) is 44.5 Å². The normalized spacial score (nSPS) is 14.6. The second-order valence-corrected chi connectivity index (χ2v) is 4.81. The number of benzene rings is 1. The molecule has 0 aliphatic rings. The number of hydrogen-bond acceptors (Lipinski definition) is 2. The summed E-state index contributed by atoms with van der Waals surface area (Å²) in [4.78, 5) is 0. The molecule has 1 aromatic rings. The van der Waals surface area contributed by atoms with Crippen LogP contribution in [-0.4, -0.2) is 18.8 Å². The summed E-state index contributed by atoms with van der Waals surface area (Å²) in [6.07, 6.45) is 2.59. The second-order valence-electron chi connectivity index (χ2n) is 4.81. The van der Waals surface area contributed by atoms with E-state index in [1.807, 2.05) is 12.1 Å². The molecule has 0 saturated heterocycles. The van der Waals surface area contributed by atoms with Gasteiger partial charge in [-0.3, -0.25) is 0 Å². The molecule has 0 bridgehead atoms. The minimum atomic E-state index is -0.378. The Morgan fingerprint density at radius 2 is 2.12 bits per heavy atom.